The number of halogens is 1. The molecule has 2 N–H and O–H groups in total. The fourth-order valence-electron chi connectivity index (χ4n) is 2.98. The lowest BCUT2D eigenvalue weighted by molar-refractivity contribution is 0.763. The number of aliphatic imine (C=N–C) groups is 1. The van der Waals surface area contributed by atoms with E-state index in [1.807, 2.05) is 34.9 Å². The number of benzene rings is 1. The van der Waals surface area contributed by atoms with Crippen LogP contribution in [0.15, 0.2) is 60.1 Å². The molecule has 0 amide bonds. The van der Waals surface area contributed by atoms with Crippen molar-refractivity contribution in [1.29, 1.82) is 0 Å². The van der Waals surface area contributed by atoms with Gasteiger partial charge in [0.1, 0.15) is 0 Å². The second kappa shape index (κ2) is 12.3. The van der Waals surface area contributed by atoms with Crippen molar-refractivity contribution in [3.63, 3.8) is 0 Å². The van der Waals surface area contributed by atoms with E-state index < -0.39 is 0 Å². The van der Waals surface area contributed by atoms with Crippen molar-refractivity contribution in [3.05, 3.63) is 66.2 Å². The maximum absolute atomic E-state index is 4.67. The molecule has 0 bridgehead atoms. The lowest BCUT2D eigenvalue weighted by atomic mass is 10.1. The van der Waals surface area contributed by atoms with Gasteiger partial charge >= 0.3 is 0 Å². The smallest absolute Gasteiger partial charge is 0.191 e. The zero-order valence-electron chi connectivity index (χ0n) is 17.1. The van der Waals surface area contributed by atoms with Crippen molar-refractivity contribution in [3.8, 4) is 5.69 Å². The highest BCUT2D eigenvalue weighted by Gasteiger charge is 2.01. The summed E-state index contributed by atoms with van der Waals surface area (Å²) in [5.74, 6) is 0.877. The molecule has 0 unspecified atom stereocenters. The van der Waals surface area contributed by atoms with E-state index in [0.29, 0.717) is 0 Å². The van der Waals surface area contributed by atoms with Crippen LogP contribution in [0.25, 0.3) is 5.69 Å². The molecule has 3 aromatic rings. The first kappa shape index (κ1) is 22.9. The first-order valence-corrected chi connectivity index (χ1v) is 9.83. The van der Waals surface area contributed by atoms with Crippen LogP contribution in [0.2, 0.25) is 0 Å². The molecular formula is C21H30IN7. The first-order valence-electron chi connectivity index (χ1n) is 9.83. The largest absolute Gasteiger partial charge is 0.357 e. The molecule has 0 aliphatic heterocycles. The van der Waals surface area contributed by atoms with E-state index in [9.17, 15) is 0 Å². The summed E-state index contributed by atoms with van der Waals surface area (Å²) in [6.45, 7) is 4.58. The third-order valence-corrected chi connectivity index (χ3v) is 4.41. The molecule has 2 heterocycles. The van der Waals surface area contributed by atoms with Gasteiger partial charge in [0.05, 0.1) is 11.9 Å². The molecule has 7 nitrogen and oxygen atoms in total. The van der Waals surface area contributed by atoms with E-state index in [-0.39, 0.29) is 24.0 Å². The van der Waals surface area contributed by atoms with Gasteiger partial charge in [0.2, 0.25) is 0 Å². The third kappa shape index (κ3) is 7.52. The second-order valence-electron chi connectivity index (χ2n) is 6.68. The molecule has 0 atom stereocenters. The highest BCUT2D eigenvalue weighted by molar-refractivity contribution is 14.0. The van der Waals surface area contributed by atoms with E-state index in [2.05, 4.69) is 63.2 Å². The van der Waals surface area contributed by atoms with Gasteiger partial charge in [-0.05, 0) is 55.5 Å². The van der Waals surface area contributed by atoms with Crippen molar-refractivity contribution in [2.24, 2.45) is 12.0 Å². The van der Waals surface area contributed by atoms with Crippen LogP contribution in [0.4, 0.5) is 0 Å². The number of rotatable bonds is 9. The Bertz CT molecular complexity index is 854. The standard InChI is InChI=1S/C21H29N7.HI/c1-3-22-21(23-12-4-6-19-16-26-27(2)17-19)24-14-11-18-7-9-20(10-8-18)28-15-5-13-25-28;/h5,7-10,13,15-17H,3-4,6,11-12,14H2,1-2H3,(H2,22,23,24);1H. The molecule has 0 spiro atoms. The van der Waals surface area contributed by atoms with Crippen LogP contribution >= 0.6 is 24.0 Å². The van der Waals surface area contributed by atoms with Gasteiger partial charge in [0.15, 0.2) is 5.96 Å². The van der Waals surface area contributed by atoms with E-state index in [1.54, 1.807) is 6.20 Å². The first-order chi connectivity index (χ1) is 13.7. The lowest BCUT2D eigenvalue weighted by Crippen LogP contribution is -2.38. The number of hydrogen-bond acceptors (Lipinski definition) is 3. The Labute approximate surface area is 189 Å². The third-order valence-electron chi connectivity index (χ3n) is 4.41. The average molecular weight is 507 g/mol. The number of guanidine groups is 1. The monoisotopic (exact) mass is 507 g/mol. The summed E-state index contributed by atoms with van der Waals surface area (Å²) < 4.78 is 3.70. The van der Waals surface area contributed by atoms with E-state index in [4.69, 9.17) is 0 Å². The number of nitrogens with zero attached hydrogens (tertiary/aromatic N) is 5. The molecule has 0 saturated heterocycles. The zero-order valence-corrected chi connectivity index (χ0v) is 19.4. The van der Waals surface area contributed by atoms with Crippen LogP contribution < -0.4 is 10.6 Å². The topological polar surface area (TPSA) is 72.1 Å². The molecular weight excluding hydrogens is 477 g/mol. The zero-order chi connectivity index (χ0) is 19.6. The van der Waals surface area contributed by atoms with Gasteiger partial charge in [0, 0.05) is 45.3 Å². The van der Waals surface area contributed by atoms with Gasteiger partial charge in [-0.2, -0.15) is 10.2 Å². The van der Waals surface area contributed by atoms with Crippen LogP contribution in [0.3, 0.4) is 0 Å². The minimum absolute atomic E-state index is 0. The van der Waals surface area contributed by atoms with Gasteiger partial charge in [-0.3, -0.25) is 9.67 Å². The molecule has 0 aliphatic carbocycles. The van der Waals surface area contributed by atoms with Gasteiger partial charge in [-0.25, -0.2) is 4.68 Å². The van der Waals surface area contributed by atoms with Crippen LogP contribution in [-0.4, -0.2) is 45.2 Å². The predicted octanol–water partition coefficient (Wildman–Crippen LogP) is 2.95. The van der Waals surface area contributed by atoms with Crippen LogP contribution in [0.5, 0.6) is 0 Å². The van der Waals surface area contributed by atoms with Crippen LogP contribution in [0.1, 0.15) is 24.5 Å². The highest BCUT2D eigenvalue weighted by Crippen LogP contribution is 2.08. The number of aromatic nitrogens is 4. The molecule has 0 saturated carbocycles. The lowest BCUT2D eigenvalue weighted by Gasteiger charge is -2.11. The summed E-state index contributed by atoms with van der Waals surface area (Å²) in [5, 5.41) is 15.2. The molecule has 8 heteroatoms. The molecule has 156 valence electrons. The summed E-state index contributed by atoms with van der Waals surface area (Å²) in [4.78, 5) is 4.67. The maximum Gasteiger partial charge on any atom is 0.191 e. The van der Waals surface area contributed by atoms with E-state index in [1.165, 1.54) is 11.1 Å². The van der Waals surface area contributed by atoms with Gasteiger partial charge in [0.25, 0.3) is 0 Å². The Morgan fingerprint density at radius 3 is 2.55 bits per heavy atom. The molecule has 1 aromatic carbocycles. The Kier molecular flexibility index (Phi) is 9.69. The summed E-state index contributed by atoms with van der Waals surface area (Å²) in [5.41, 5.74) is 3.62. The Morgan fingerprint density at radius 2 is 1.90 bits per heavy atom. The Hall–Kier alpha value is -2.36. The predicted molar refractivity (Wildman–Crippen MR) is 128 cm³/mol. The van der Waals surface area contributed by atoms with Crippen molar-refractivity contribution in [2.45, 2.75) is 26.2 Å². The van der Waals surface area contributed by atoms with Gasteiger partial charge in [-0.1, -0.05) is 12.1 Å². The van der Waals surface area contributed by atoms with Gasteiger partial charge < -0.3 is 10.6 Å². The summed E-state index contributed by atoms with van der Waals surface area (Å²) in [6, 6.07) is 10.4. The fraction of sp³-hybridized carbons (Fsp3) is 0.381. The van der Waals surface area contributed by atoms with E-state index in [0.717, 1.165) is 50.5 Å². The maximum atomic E-state index is 4.67. The van der Waals surface area contributed by atoms with Crippen molar-refractivity contribution in [2.75, 3.05) is 19.6 Å². The number of nitrogens with one attached hydrogen (secondary N) is 2. The molecule has 0 radical (unpaired) electrons. The Balaban J connectivity index is 0.00000300. The minimum Gasteiger partial charge on any atom is -0.357 e. The average Bonchev–Trinajstić information content (AvgIpc) is 3.38. The molecule has 29 heavy (non-hydrogen) atoms. The number of aryl methyl sites for hydroxylation is 2. The highest BCUT2D eigenvalue weighted by atomic mass is 127. The quantitative estimate of drug-likeness (QED) is 0.202. The summed E-state index contributed by atoms with van der Waals surface area (Å²) >= 11 is 0. The molecule has 3 rings (SSSR count). The number of hydrogen-bond donors (Lipinski definition) is 2. The summed E-state index contributed by atoms with van der Waals surface area (Å²) in [6.07, 6.45) is 10.7. The second-order valence-corrected chi connectivity index (χ2v) is 6.68. The van der Waals surface area contributed by atoms with Crippen molar-refractivity contribution >= 4 is 29.9 Å². The Morgan fingerprint density at radius 1 is 1.07 bits per heavy atom. The van der Waals surface area contributed by atoms with Crippen molar-refractivity contribution < 1.29 is 0 Å². The molecule has 0 fully saturated rings. The molecule has 0 aliphatic rings. The van der Waals surface area contributed by atoms with Crippen LogP contribution in [0, 0.1) is 0 Å². The van der Waals surface area contributed by atoms with Gasteiger partial charge in [-0.15, -0.1) is 24.0 Å². The fourth-order valence-corrected chi connectivity index (χ4v) is 2.98. The van der Waals surface area contributed by atoms with Crippen molar-refractivity contribution in [1.82, 2.24) is 30.2 Å². The molecule has 2 aromatic heterocycles. The minimum atomic E-state index is 0. The van der Waals surface area contributed by atoms with Crippen LogP contribution in [-0.2, 0) is 19.9 Å². The SMILES string of the molecule is CCNC(=NCCCc1cnn(C)c1)NCCc1ccc(-n2cccn2)cc1.I. The normalized spacial score (nSPS) is 11.2. The van der Waals surface area contributed by atoms with E-state index >= 15 is 0 Å². The summed E-state index contributed by atoms with van der Waals surface area (Å²) in [7, 11) is 1.94.